The van der Waals surface area contributed by atoms with Crippen LogP contribution in [0.3, 0.4) is 0 Å². The zero-order valence-corrected chi connectivity index (χ0v) is 12.0. The number of carboxylic acid groups (broad SMARTS) is 1. The van der Waals surface area contributed by atoms with Crippen molar-refractivity contribution < 1.29 is 19.5 Å². The molecule has 0 spiro atoms. The van der Waals surface area contributed by atoms with Gasteiger partial charge in [-0.05, 0) is 37.6 Å². The maximum atomic E-state index is 12.4. The summed E-state index contributed by atoms with van der Waals surface area (Å²) in [6.07, 6.45) is 0.478. The topological polar surface area (TPSA) is 86.7 Å². The first-order valence-electron chi connectivity index (χ1n) is 6.81. The minimum atomic E-state index is -0.862. The Labute approximate surface area is 122 Å². The summed E-state index contributed by atoms with van der Waals surface area (Å²) in [7, 11) is 0. The molecule has 0 bridgehead atoms. The summed E-state index contributed by atoms with van der Waals surface area (Å²) in [5, 5.41) is 11.7. The van der Waals surface area contributed by atoms with E-state index in [9.17, 15) is 14.4 Å². The van der Waals surface area contributed by atoms with Crippen LogP contribution in [0.2, 0.25) is 0 Å². The summed E-state index contributed by atoms with van der Waals surface area (Å²) < 4.78 is 0. The van der Waals surface area contributed by atoms with Crippen molar-refractivity contribution in [1.29, 1.82) is 0 Å². The Morgan fingerprint density at radius 1 is 1.24 bits per heavy atom. The Morgan fingerprint density at radius 2 is 1.86 bits per heavy atom. The second-order valence-electron chi connectivity index (χ2n) is 5.23. The first kappa shape index (κ1) is 15.0. The number of nitrogens with zero attached hydrogens (tertiary/aromatic N) is 1. The summed E-state index contributed by atoms with van der Waals surface area (Å²) >= 11 is 0. The van der Waals surface area contributed by atoms with Crippen LogP contribution in [0.15, 0.2) is 24.3 Å². The highest BCUT2D eigenvalue weighted by Crippen LogP contribution is 2.26. The Kier molecular flexibility index (Phi) is 4.26. The van der Waals surface area contributed by atoms with Crippen molar-refractivity contribution in [2.24, 2.45) is 5.92 Å². The third kappa shape index (κ3) is 3.21. The summed E-state index contributed by atoms with van der Waals surface area (Å²) in [5.74, 6) is -1.72. The number of hydrogen-bond donors (Lipinski definition) is 2. The summed E-state index contributed by atoms with van der Waals surface area (Å²) in [6.45, 7) is 3.62. The van der Waals surface area contributed by atoms with Gasteiger partial charge in [0.05, 0.1) is 5.92 Å². The highest BCUT2D eigenvalue weighted by atomic mass is 16.4. The molecule has 0 aromatic heterocycles. The van der Waals surface area contributed by atoms with Crippen LogP contribution in [-0.4, -0.2) is 40.4 Å². The number of benzene rings is 1. The summed E-state index contributed by atoms with van der Waals surface area (Å²) in [4.78, 5) is 36.0. The monoisotopic (exact) mass is 290 g/mol. The van der Waals surface area contributed by atoms with Crippen LogP contribution in [0.4, 0.5) is 5.69 Å². The number of nitrogens with one attached hydrogen (secondary N) is 1. The summed E-state index contributed by atoms with van der Waals surface area (Å²) in [6, 6.07) is 6.27. The lowest BCUT2D eigenvalue weighted by Gasteiger charge is -2.23. The van der Waals surface area contributed by atoms with Crippen molar-refractivity contribution in [1.82, 2.24) is 4.90 Å². The maximum absolute atomic E-state index is 12.4. The number of rotatable bonds is 3. The van der Waals surface area contributed by atoms with Crippen LogP contribution >= 0.6 is 0 Å². The Hall–Kier alpha value is -2.37. The van der Waals surface area contributed by atoms with Gasteiger partial charge in [-0.1, -0.05) is 0 Å². The van der Waals surface area contributed by atoms with Crippen LogP contribution < -0.4 is 5.32 Å². The maximum Gasteiger partial charge on any atom is 0.308 e. The largest absolute Gasteiger partial charge is 0.481 e. The van der Waals surface area contributed by atoms with Crippen LogP contribution in [0.25, 0.3) is 0 Å². The molecule has 2 unspecified atom stereocenters. The lowest BCUT2D eigenvalue weighted by molar-refractivity contribution is -0.142. The number of carboxylic acids is 1. The van der Waals surface area contributed by atoms with Crippen molar-refractivity contribution in [3.8, 4) is 0 Å². The van der Waals surface area contributed by atoms with E-state index in [-0.39, 0.29) is 17.9 Å². The molecular weight excluding hydrogens is 272 g/mol. The molecule has 112 valence electrons. The van der Waals surface area contributed by atoms with Crippen LogP contribution in [-0.2, 0) is 9.59 Å². The molecule has 1 aromatic rings. The number of likely N-dealkylation sites (tertiary alicyclic amines) is 1. The third-order valence-electron chi connectivity index (χ3n) is 3.79. The molecule has 1 heterocycles. The van der Waals surface area contributed by atoms with Crippen LogP contribution in [0.1, 0.15) is 30.6 Å². The SMILES string of the molecule is CC(=O)Nc1ccc(C(=O)N2CCC(C(=O)O)C2C)cc1. The molecule has 1 saturated heterocycles. The van der Waals surface area contributed by atoms with E-state index >= 15 is 0 Å². The first-order chi connectivity index (χ1) is 9.90. The van der Waals surface area contributed by atoms with Gasteiger partial charge in [0, 0.05) is 30.8 Å². The molecule has 6 heteroatoms. The third-order valence-corrected chi connectivity index (χ3v) is 3.79. The standard InChI is InChI=1S/C15H18N2O4/c1-9-13(15(20)21)7-8-17(9)14(19)11-3-5-12(6-4-11)16-10(2)18/h3-6,9,13H,7-8H2,1-2H3,(H,16,18)(H,20,21). The van der Waals surface area contributed by atoms with Gasteiger partial charge in [-0.25, -0.2) is 0 Å². The van der Waals surface area contributed by atoms with Crippen LogP contribution in [0, 0.1) is 5.92 Å². The van der Waals surface area contributed by atoms with Crippen molar-refractivity contribution in [2.75, 3.05) is 11.9 Å². The molecule has 1 fully saturated rings. The van der Waals surface area contributed by atoms with E-state index in [0.29, 0.717) is 24.2 Å². The first-order valence-corrected chi connectivity index (χ1v) is 6.81. The summed E-state index contributed by atoms with van der Waals surface area (Å²) in [5.41, 5.74) is 1.11. The predicted octanol–water partition coefficient (Wildman–Crippen LogP) is 1.58. The number of carbonyl (C=O) groups is 3. The van der Waals surface area contributed by atoms with Gasteiger partial charge in [0.15, 0.2) is 0 Å². The number of carbonyl (C=O) groups excluding carboxylic acids is 2. The average molecular weight is 290 g/mol. The highest BCUT2D eigenvalue weighted by Gasteiger charge is 2.38. The average Bonchev–Trinajstić information content (AvgIpc) is 2.80. The Balaban J connectivity index is 2.10. The van der Waals surface area contributed by atoms with Gasteiger partial charge in [-0.15, -0.1) is 0 Å². The Bertz CT molecular complexity index is 568. The number of amides is 2. The fourth-order valence-corrected chi connectivity index (χ4v) is 2.62. The van der Waals surface area contributed by atoms with Gasteiger partial charge in [-0.3, -0.25) is 14.4 Å². The van der Waals surface area contributed by atoms with Gasteiger partial charge in [0.25, 0.3) is 5.91 Å². The van der Waals surface area contributed by atoms with Gasteiger partial charge in [-0.2, -0.15) is 0 Å². The molecule has 2 N–H and O–H groups in total. The van der Waals surface area contributed by atoms with E-state index in [1.165, 1.54) is 6.92 Å². The number of hydrogen-bond acceptors (Lipinski definition) is 3. The van der Waals surface area contributed by atoms with Crippen molar-refractivity contribution in [3.05, 3.63) is 29.8 Å². The fourth-order valence-electron chi connectivity index (χ4n) is 2.62. The van der Waals surface area contributed by atoms with Gasteiger partial charge in [0.1, 0.15) is 0 Å². The Morgan fingerprint density at radius 3 is 2.33 bits per heavy atom. The molecule has 1 aliphatic rings. The molecule has 6 nitrogen and oxygen atoms in total. The molecule has 1 aromatic carbocycles. The normalized spacial score (nSPS) is 21.1. The van der Waals surface area contributed by atoms with Crippen molar-refractivity contribution in [2.45, 2.75) is 26.3 Å². The molecule has 2 amide bonds. The van der Waals surface area contributed by atoms with Gasteiger partial charge in [0.2, 0.25) is 5.91 Å². The van der Waals surface area contributed by atoms with Crippen molar-refractivity contribution >= 4 is 23.5 Å². The lowest BCUT2D eigenvalue weighted by atomic mass is 10.0. The minimum absolute atomic E-state index is 0.174. The van der Waals surface area contributed by atoms with Crippen molar-refractivity contribution in [3.63, 3.8) is 0 Å². The zero-order chi connectivity index (χ0) is 15.6. The smallest absolute Gasteiger partial charge is 0.308 e. The fraction of sp³-hybridized carbons (Fsp3) is 0.400. The van der Waals surface area contributed by atoms with Gasteiger partial charge >= 0.3 is 5.97 Å². The molecule has 21 heavy (non-hydrogen) atoms. The number of anilines is 1. The van der Waals surface area contributed by atoms with E-state index in [2.05, 4.69) is 5.32 Å². The molecule has 2 rings (SSSR count). The second kappa shape index (κ2) is 5.95. The van der Waals surface area contributed by atoms with Crippen LogP contribution in [0.5, 0.6) is 0 Å². The highest BCUT2D eigenvalue weighted by molar-refractivity contribution is 5.96. The van der Waals surface area contributed by atoms with E-state index in [1.54, 1.807) is 36.1 Å². The molecule has 2 atom stereocenters. The quantitative estimate of drug-likeness (QED) is 0.885. The van der Waals surface area contributed by atoms with E-state index in [0.717, 1.165) is 0 Å². The molecule has 0 radical (unpaired) electrons. The van der Waals surface area contributed by atoms with E-state index in [4.69, 9.17) is 5.11 Å². The zero-order valence-electron chi connectivity index (χ0n) is 12.0. The molecule has 0 aliphatic carbocycles. The van der Waals surface area contributed by atoms with E-state index in [1.807, 2.05) is 0 Å². The molecule has 0 saturated carbocycles. The molecule has 1 aliphatic heterocycles. The van der Waals surface area contributed by atoms with E-state index < -0.39 is 11.9 Å². The lowest BCUT2D eigenvalue weighted by Crippen LogP contribution is -2.37. The minimum Gasteiger partial charge on any atom is -0.481 e. The predicted molar refractivity (Wildman–Crippen MR) is 77.0 cm³/mol. The number of aliphatic carboxylic acids is 1. The second-order valence-corrected chi connectivity index (χ2v) is 5.23. The molecular formula is C15H18N2O4. The van der Waals surface area contributed by atoms with Gasteiger partial charge < -0.3 is 15.3 Å².